The third kappa shape index (κ3) is 9.12. The first-order valence-electron chi connectivity index (χ1n) is 14.5. The van der Waals surface area contributed by atoms with Crippen molar-refractivity contribution in [2.24, 2.45) is 0 Å². The Hall–Kier alpha value is -3.46. The fourth-order valence-corrected chi connectivity index (χ4v) is 10.5. The van der Waals surface area contributed by atoms with E-state index in [-0.39, 0.29) is 22.7 Å². The summed E-state index contributed by atoms with van der Waals surface area (Å²) in [6.45, 7) is 2.15. The molecule has 0 bridgehead atoms. The van der Waals surface area contributed by atoms with Crippen LogP contribution < -0.4 is 26.5 Å². The third-order valence-corrected chi connectivity index (χ3v) is 12.7. The Morgan fingerprint density at radius 3 is 1.26 bits per heavy atom. The third-order valence-electron chi connectivity index (χ3n) is 7.43. The molecule has 0 radical (unpaired) electrons. The van der Waals surface area contributed by atoms with Gasteiger partial charge in [0.2, 0.25) is 0 Å². The van der Waals surface area contributed by atoms with Crippen LogP contribution >= 0.6 is 15.8 Å². The zero-order valence-corrected chi connectivity index (χ0v) is 28.0. The van der Waals surface area contributed by atoms with E-state index in [9.17, 15) is 26.3 Å². The molecule has 6 aromatic rings. The maximum Gasteiger partial charge on any atom is 0.416 e. The van der Waals surface area contributed by atoms with Crippen LogP contribution in [0.5, 0.6) is 0 Å². The Morgan fingerprint density at radius 1 is 0.511 bits per heavy atom. The molecule has 0 heterocycles. The maximum atomic E-state index is 13.4. The summed E-state index contributed by atoms with van der Waals surface area (Å²) in [6.07, 6.45) is -8.98. The summed E-state index contributed by atoms with van der Waals surface area (Å²) in [4.78, 5) is 0. The first-order chi connectivity index (χ1) is 22.0. The Bertz CT molecular complexity index is 1650. The number of benzene rings is 4. The van der Waals surface area contributed by atoms with Crippen LogP contribution in [0.2, 0.25) is 0 Å². The Kier molecular flexibility index (Phi) is 12.5. The van der Waals surface area contributed by atoms with Gasteiger partial charge in [-0.15, -0.1) is 10.9 Å². The molecule has 0 aromatic heterocycles. The molecule has 9 heteroatoms. The van der Waals surface area contributed by atoms with Gasteiger partial charge in [-0.05, 0) is 67.0 Å². The fourth-order valence-electron chi connectivity index (χ4n) is 5.24. The van der Waals surface area contributed by atoms with E-state index in [2.05, 4.69) is 31.2 Å². The summed E-state index contributed by atoms with van der Waals surface area (Å²) in [5, 5.41) is 4.56. The normalized spacial score (nSPS) is 12.3. The van der Waals surface area contributed by atoms with Gasteiger partial charge in [0.1, 0.15) is 0 Å². The van der Waals surface area contributed by atoms with Crippen molar-refractivity contribution in [3.05, 3.63) is 174 Å². The van der Waals surface area contributed by atoms with Gasteiger partial charge >= 0.3 is 12.4 Å². The molecule has 248 valence electrons. The topological polar surface area (TPSA) is 0 Å². The first kappa shape index (κ1) is 36.4. The van der Waals surface area contributed by atoms with Crippen molar-refractivity contribution < 1.29 is 43.4 Å². The molecule has 0 fully saturated rings. The van der Waals surface area contributed by atoms with Crippen LogP contribution in [0.25, 0.3) is 0 Å². The van der Waals surface area contributed by atoms with Crippen molar-refractivity contribution in [1.82, 2.24) is 0 Å². The zero-order valence-electron chi connectivity index (χ0n) is 25.1. The minimum atomic E-state index is -4.49. The number of alkyl halides is 6. The van der Waals surface area contributed by atoms with Crippen molar-refractivity contribution >= 4 is 42.4 Å². The van der Waals surface area contributed by atoms with Crippen LogP contribution in [0.4, 0.5) is 26.3 Å². The number of halogens is 6. The molecule has 47 heavy (non-hydrogen) atoms. The van der Waals surface area contributed by atoms with Crippen molar-refractivity contribution in [3.8, 4) is 0 Å². The maximum absolute atomic E-state index is 13.4. The van der Waals surface area contributed by atoms with Crippen LogP contribution in [0.3, 0.4) is 0 Å². The minimum absolute atomic E-state index is 0. The van der Waals surface area contributed by atoms with Gasteiger partial charge in [0, 0.05) is 17.1 Å². The van der Waals surface area contributed by atoms with Crippen molar-refractivity contribution in [2.45, 2.75) is 24.9 Å². The molecule has 0 amide bonds. The van der Waals surface area contributed by atoms with Gasteiger partial charge in [-0.25, -0.2) is 12.1 Å². The Balaban J connectivity index is 0.000000762. The number of rotatable bonds is 7. The molecular formula is C38H30F6FeP2-6. The quantitative estimate of drug-likeness (QED) is 0.0668. The number of hydrogen-bond acceptors (Lipinski definition) is 0. The standard InChI is InChI=1S/C33H25F6P2.C5H5.Fe/c1-23(40(26-9-4-2-5-10-26)27-11-6-3-7-12-27)30-13-8-14-31(30)41(28-19-15-24(16-20-28)32(34,35)36)29-21-17-25(18-22-29)33(37,38)39;1-2-4-5-3-1;/h2-23H,1H3;1-5H;/q-1;-5;. The van der Waals surface area contributed by atoms with E-state index in [1.54, 1.807) is 0 Å². The van der Waals surface area contributed by atoms with Crippen LogP contribution in [-0.2, 0) is 29.4 Å². The molecule has 1 atom stereocenters. The summed E-state index contributed by atoms with van der Waals surface area (Å²) >= 11 is 0. The summed E-state index contributed by atoms with van der Waals surface area (Å²) in [5.41, 5.74) is -0.476. The minimum Gasteiger partial charge on any atom is -0.748 e. The molecule has 6 aromatic carbocycles. The molecule has 0 aliphatic rings. The van der Waals surface area contributed by atoms with Gasteiger partial charge in [0.25, 0.3) is 0 Å². The van der Waals surface area contributed by atoms with Gasteiger partial charge in [-0.3, -0.25) is 0 Å². The first-order valence-corrected chi connectivity index (χ1v) is 17.3. The zero-order chi connectivity index (χ0) is 32.7. The molecule has 0 aliphatic heterocycles. The molecular weight excluding hydrogens is 688 g/mol. The van der Waals surface area contributed by atoms with Crippen molar-refractivity contribution in [2.75, 3.05) is 0 Å². The van der Waals surface area contributed by atoms with Gasteiger partial charge in [0.15, 0.2) is 0 Å². The summed E-state index contributed by atoms with van der Waals surface area (Å²) in [6, 6.07) is 46.2. The second-order valence-corrected chi connectivity index (χ2v) is 15.2. The summed E-state index contributed by atoms with van der Waals surface area (Å²) in [7, 11) is -2.32. The number of hydrogen-bond donors (Lipinski definition) is 0. The van der Waals surface area contributed by atoms with Gasteiger partial charge in [0.05, 0.1) is 11.1 Å². The van der Waals surface area contributed by atoms with Crippen molar-refractivity contribution in [3.63, 3.8) is 0 Å². The average molecular weight is 718 g/mol. The van der Waals surface area contributed by atoms with E-state index in [1.807, 2.05) is 84.9 Å². The molecule has 0 saturated carbocycles. The van der Waals surface area contributed by atoms with E-state index < -0.39 is 39.3 Å². The van der Waals surface area contributed by atoms with Gasteiger partial charge in [-0.1, -0.05) is 91.9 Å². The van der Waals surface area contributed by atoms with E-state index in [4.69, 9.17) is 0 Å². The summed E-state index contributed by atoms with van der Waals surface area (Å²) < 4.78 is 80.1. The fraction of sp³-hybridized carbons (Fsp3) is 0.105. The molecule has 1 unspecified atom stereocenters. The predicted molar refractivity (Wildman–Crippen MR) is 180 cm³/mol. The van der Waals surface area contributed by atoms with E-state index >= 15 is 0 Å². The molecule has 0 nitrogen and oxygen atoms in total. The Labute approximate surface area is 284 Å². The smallest absolute Gasteiger partial charge is 0.416 e. The van der Waals surface area contributed by atoms with Crippen LogP contribution in [0.15, 0.2) is 158 Å². The monoisotopic (exact) mass is 718 g/mol. The second kappa shape index (κ2) is 16.1. The van der Waals surface area contributed by atoms with Gasteiger partial charge < -0.3 is 30.3 Å². The molecule has 0 aliphatic carbocycles. The molecule has 0 N–H and O–H groups in total. The van der Waals surface area contributed by atoms with Crippen LogP contribution in [0, 0.1) is 0 Å². The largest absolute Gasteiger partial charge is 0.748 e. The average Bonchev–Trinajstić information content (AvgIpc) is 3.79. The van der Waals surface area contributed by atoms with Crippen LogP contribution in [0.1, 0.15) is 29.3 Å². The summed E-state index contributed by atoms with van der Waals surface area (Å²) in [5.74, 6) is 0. The van der Waals surface area contributed by atoms with E-state index in [0.717, 1.165) is 35.1 Å². The second-order valence-electron chi connectivity index (χ2n) is 10.5. The van der Waals surface area contributed by atoms with E-state index in [0.29, 0.717) is 10.6 Å². The predicted octanol–water partition coefficient (Wildman–Crippen LogP) is 9.80. The van der Waals surface area contributed by atoms with Crippen molar-refractivity contribution in [1.29, 1.82) is 0 Å². The van der Waals surface area contributed by atoms with Gasteiger partial charge in [-0.2, -0.15) is 32.4 Å². The molecule has 0 spiro atoms. The van der Waals surface area contributed by atoms with Crippen LogP contribution in [-0.4, -0.2) is 0 Å². The molecule has 0 saturated heterocycles. The molecule has 6 rings (SSSR count). The SMILES string of the molecule is CC([c-]1cccc1P(c1ccc(C(F)(F)F)cc1)c1ccc(C(F)(F)F)cc1)P(c1ccccc1)c1ccccc1.[Fe].[cH-]1[cH-][cH-][cH-][cH-]1. The Morgan fingerprint density at radius 2 is 0.894 bits per heavy atom. The van der Waals surface area contributed by atoms with E-state index in [1.165, 1.54) is 34.9 Å².